The second kappa shape index (κ2) is 9.77. The molecule has 156 valence electrons. The van der Waals surface area contributed by atoms with Gasteiger partial charge in [0, 0.05) is 10.6 Å². The van der Waals surface area contributed by atoms with Crippen molar-refractivity contribution in [2.45, 2.75) is 6.61 Å². The Kier molecular flexibility index (Phi) is 6.44. The molecule has 0 aliphatic heterocycles. The van der Waals surface area contributed by atoms with Gasteiger partial charge in [-0.05, 0) is 36.4 Å². The number of aromatic nitrogens is 2. The van der Waals surface area contributed by atoms with Gasteiger partial charge in [0.1, 0.15) is 11.5 Å². The number of carbonyl (C=O) groups is 1. The lowest BCUT2D eigenvalue weighted by Gasteiger charge is -2.11. The van der Waals surface area contributed by atoms with Crippen LogP contribution < -0.4 is 14.8 Å². The highest BCUT2D eigenvalue weighted by atomic mass is 35.5. The van der Waals surface area contributed by atoms with Gasteiger partial charge in [0.05, 0.1) is 5.69 Å². The first-order chi connectivity index (χ1) is 15.2. The zero-order valence-electron chi connectivity index (χ0n) is 16.3. The van der Waals surface area contributed by atoms with E-state index in [1.54, 1.807) is 48.5 Å². The predicted octanol–water partition coefficient (Wildman–Crippen LogP) is 4.99. The highest BCUT2D eigenvalue weighted by Crippen LogP contribution is 2.25. The molecular formula is C23H18ClN3O4. The molecule has 0 radical (unpaired) electrons. The van der Waals surface area contributed by atoms with E-state index in [-0.39, 0.29) is 19.1 Å². The van der Waals surface area contributed by atoms with E-state index in [0.29, 0.717) is 33.9 Å². The van der Waals surface area contributed by atoms with E-state index in [0.717, 1.165) is 5.56 Å². The summed E-state index contributed by atoms with van der Waals surface area (Å²) in [6.07, 6.45) is 0. The largest absolute Gasteiger partial charge is 0.484 e. The molecule has 4 aromatic rings. The number of nitrogens with one attached hydrogen (secondary N) is 1. The third kappa shape index (κ3) is 5.61. The summed E-state index contributed by atoms with van der Waals surface area (Å²) in [4.78, 5) is 16.6. The van der Waals surface area contributed by atoms with Gasteiger partial charge < -0.3 is 19.3 Å². The monoisotopic (exact) mass is 435 g/mol. The molecule has 8 heteroatoms. The van der Waals surface area contributed by atoms with Crippen molar-refractivity contribution < 1.29 is 18.8 Å². The molecule has 0 spiro atoms. The SMILES string of the molecule is O=C(COc1ccccc1)Nc1ccccc1OCc1nc(-c2cccc(Cl)c2)no1. The van der Waals surface area contributed by atoms with Crippen molar-refractivity contribution in [3.05, 3.63) is 89.8 Å². The minimum atomic E-state index is -0.305. The first kappa shape index (κ1) is 20.4. The second-order valence-corrected chi connectivity index (χ2v) is 6.89. The molecule has 4 rings (SSSR count). The summed E-state index contributed by atoms with van der Waals surface area (Å²) >= 11 is 6.00. The van der Waals surface area contributed by atoms with Crippen LogP contribution in [0.15, 0.2) is 83.4 Å². The van der Waals surface area contributed by atoms with E-state index in [9.17, 15) is 4.79 Å². The Morgan fingerprint density at radius 2 is 1.77 bits per heavy atom. The Labute approximate surface area is 183 Å². The van der Waals surface area contributed by atoms with E-state index in [1.807, 2.05) is 30.3 Å². The van der Waals surface area contributed by atoms with Crippen molar-refractivity contribution in [2.75, 3.05) is 11.9 Å². The summed E-state index contributed by atoms with van der Waals surface area (Å²) in [5.41, 5.74) is 1.26. The zero-order chi connectivity index (χ0) is 21.5. The number of halogens is 1. The molecule has 1 heterocycles. The summed E-state index contributed by atoms with van der Waals surface area (Å²) in [6, 6.07) is 23.4. The van der Waals surface area contributed by atoms with Crippen LogP contribution in [0.2, 0.25) is 5.02 Å². The highest BCUT2D eigenvalue weighted by Gasteiger charge is 2.12. The van der Waals surface area contributed by atoms with Crippen molar-refractivity contribution in [1.82, 2.24) is 10.1 Å². The van der Waals surface area contributed by atoms with Crippen molar-refractivity contribution in [1.29, 1.82) is 0 Å². The lowest BCUT2D eigenvalue weighted by atomic mass is 10.2. The molecule has 31 heavy (non-hydrogen) atoms. The summed E-state index contributed by atoms with van der Waals surface area (Å²) in [7, 11) is 0. The Balaban J connectivity index is 1.36. The molecule has 0 atom stereocenters. The lowest BCUT2D eigenvalue weighted by Crippen LogP contribution is -2.20. The quantitative estimate of drug-likeness (QED) is 0.419. The van der Waals surface area contributed by atoms with E-state index < -0.39 is 0 Å². The second-order valence-electron chi connectivity index (χ2n) is 6.46. The molecule has 0 aliphatic carbocycles. The van der Waals surface area contributed by atoms with Gasteiger partial charge in [-0.1, -0.05) is 59.2 Å². The number of carbonyl (C=O) groups excluding carboxylic acids is 1. The van der Waals surface area contributed by atoms with Crippen molar-refractivity contribution in [3.8, 4) is 22.9 Å². The van der Waals surface area contributed by atoms with Gasteiger partial charge >= 0.3 is 0 Å². The minimum absolute atomic E-state index is 0.0426. The molecular weight excluding hydrogens is 418 g/mol. The van der Waals surface area contributed by atoms with Crippen LogP contribution in [0.5, 0.6) is 11.5 Å². The number of ether oxygens (including phenoxy) is 2. The molecule has 0 aliphatic rings. The maximum atomic E-state index is 12.3. The molecule has 0 saturated carbocycles. The number of amides is 1. The van der Waals surface area contributed by atoms with Gasteiger partial charge in [-0.2, -0.15) is 4.98 Å². The summed E-state index contributed by atoms with van der Waals surface area (Å²) < 4.78 is 16.5. The number of anilines is 1. The maximum Gasteiger partial charge on any atom is 0.264 e. The number of rotatable bonds is 8. The molecule has 0 unspecified atom stereocenters. The van der Waals surface area contributed by atoms with Crippen LogP contribution >= 0.6 is 11.6 Å². The zero-order valence-corrected chi connectivity index (χ0v) is 17.1. The van der Waals surface area contributed by atoms with Crippen LogP contribution in [0.4, 0.5) is 5.69 Å². The Hall–Kier alpha value is -3.84. The summed E-state index contributed by atoms with van der Waals surface area (Å²) in [6.45, 7) is -0.0774. The third-order valence-corrected chi connectivity index (χ3v) is 4.41. The molecule has 1 N–H and O–H groups in total. The number of benzene rings is 3. The number of hydrogen-bond acceptors (Lipinski definition) is 6. The Bertz CT molecular complexity index is 1160. The smallest absolute Gasteiger partial charge is 0.264 e. The normalized spacial score (nSPS) is 10.5. The van der Waals surface area contributed by atoms with Gasteiger partial charge in [-0.15, -0.1) is 0 Å². The topological polar surface area (TPSA) is 86.5 Å². The van der Waals surface area contributed by atoms with E-state index in [4.69, 9.17) is 25.6 Å². The first-order valence-electron chi connectivity index (χ1n) is 9.45. The van der Waals surface area contributed by atoms with Gasteiger partial charge in [0.25, 0.3) is 11.8 Å². The standard InChI is InChI=1S/C23H18ClN3O4/c24-17-8-6-7-16(13-17)23-26-22(31-27-23)15-30-20-12-5-4-11-19(20)25-21(28)14-29-18-9-2-1-3-10-18/h1-13H,14-15H2,(H,25,28). The molecule has 0 bridgehead atoms. The van der Waals surface area contributed by atoms with E-state index >= 15 is 0 Å². The number of nitrogens with zero attached hydrogens (tertiary/aromatic N) is 2. The van der Waals surface area contributed by atoms with Crippen LogP contribution in [0.3, 0.4) is 0 Å². The number of para-hydroxylation sites is 3. The van der Waals surface area contributed by atoms with Crippen molar-refractivity contribution >= 4 is 23.2 Å². The average molecular weight is 436 g/mol. The van der Waals surface area contributed by atoms with Crippen molar-refractivity contribution in [2.24, 2.45) is 0 Å². The van der Waals surface area contributed by atoms with Crippen LogP contribution in [-0.4, -0.2) is 22.7 Å². The Morgan fingerprint density at radius 3 is 2.61 bits per heavy atom. The molecule has 1 aromatic heterocycles. The Morgan fingerprint density at radius 1 is 0.968 bits per heavy atom. The molecule has 0 fully saturated rings. The molecule has 0 saturated heterocycles. The highest BCUT2D eigenvalue weighted by molar-refractivity contribution is 6.30. The lowest BCUT2D eigenvalue weighted by molar-refractivity contribution is -0.118. The van der Waals surface area contributed by atoms with Crippen LogP contribution in [0, 0.1) is 0 Å². The first-order valence-corrected chi connectivity index (χ1v) is 9.83. The predicted molar refractivity (Wildman–Crippen MR) is 116 cm³/mol. The fourth-order valence-corrected chi connectivity index (χ4v) is 2.94. The summed E-state index contributed by atoms with van der Waals surface area (Å²) in [5.74, 6) is 1.50. The number of hydrogen-bond donors (Lipinski definition) is 1. The molecule has 7 nitrogen and oxygen atoms in total. The summed E-state index contributed by atoms with van der Waals surface area (Å²) in [5, 5.41) is 7.32. The third-order valence-electron chi connectivity index (χ3n) is 4.18. The van der Waals surface area contributed by atoms with Gasteiger partial charge in [-0.3, -0.25) is 4.79 Å². The minimum Gasteiger partial charge on any atom is -0.484 e. The van der Waals surface area contributed by atoms with Gasteiger partial charge in [0.15, 0.2) is 13.2 Å². The fraction of sp³-hybridized carbons (Fsp3) is 0.0870. The van der Waals surface area contributed by atoms with Crippen LogP contribution in [0.25, 0.3) is 11.4 Å². The van der Waals surface area contributed by atoms with Crippen LogP contribution in [-0.2, 0) is 11.4 Å². The van der Waals surface area contributed by atoms with Gasteiger partial charge in [-0.25, -0.2) is 0 Å². The molecule has 3 aromatic carbocycles. The molecule has 1 amide bonds. The van der Waals surface area contributed by atoms with Gasteiger partial charge in [0.2, 0.25) is 5.82 Å². The van der Waals surface area contributed by atoms with E-state index in [2.05, 4.69) is 15.5 Å². The van der Waals surface area contributed by atoms with Crippen molar-refractivity contribution in [3.63, 3.8) is 0 Å². The fourth-order valence-electron chi connectivity index (χ4n) is 2.75. The average Bonchev–Trinajstić information content (AvgIpc) is 3.27. The van der Waals surface area contributed by atoms with E-state index in [1.165, 1.54) is 0 Å². The maximum absolute atomic E-state index is 12.3. The van der Waals surface area contributed by atoms with Crippen LogP contribution in [0.1, 0.15) is 5.89 Å².